The minimum absolute atomic E-state index is 0.130. The summed E-state index contributed by atoms with van der Waals surface area (Å²) in [5.74, 6) is 0.107. The number of amidine groups is 1. The fraction of sp³-hybridized carbons (Fsp3) is 0.167. The molecular weight excluding hydrogens is 202 g/mol. The van der Waals surface area contributed by atoms with Crippen molar-refractivity contribution in [1.29, 1.82) is 5.41 Å². The van der Waals surface area contributed by atoms with E-state index in [1.54, 1.807) is 25.1 Å². The van der Waals surface area contributed by atoms with E-state index in [0.29, 0.717) is 11.3 Å². The van der Waals surface area contributed by atoms with Gasteiger partial charge in [-0.25, -0.2) is 0 Å². The molecule has 0 saturated heterocycles. The van der Waals surface area contributed by atoms with Crippen molar-refractivity contribution in [3.8, 4) is 0 Å². The van der Waals surface area contributed by atoms with E-state index in [9.17, 15) is 4.79 Å². The van der Waals surface area contributed by atoms with E-state index in [1.807, 2.05) is 18.2 Å². The number of carbonyl (C=O) groups excluding carboxylic acids is 1. The van der Waals surface area contributed by atoms with Gasteiger partial charge in [0, 0.05) is 14.1 Å². The van der Waals surface area contributed by atoms with Gasteiger partial charge < -0.3 is 9.80 Å². The number of benzene rings is 1. The first-order valence-corrected chi connectivity index (χ1v) is 4.92. The van der Waals surface area contributed by atoms with Gasteiger partial charge in [0.1, 0.15) is 5.84 Å². The van der Waals surface area contributed by atoms with E-state index >= 15 is 0 Å². The summed E-state index contributed by atoms with van der Waals surface area (Å²) in [7, 11) is 3.40. The summed E-state index contributed by atoms with van der Waals surface area (Å²) >= 11 is 0. The Bertz CT molecular complexity index is 493. The number of likely N-dealkylation sites (N-methyl/N-ethyl adjacent to an activating group) is 2. The predicted octanol–water partition coefficient (Wildman–Crippen LogP) is 1.70. The largest absolute Gasteiger partial charge is 0.327 e. The Morgan fingerprint density at radius 1 is 1.19 bits per heavy atom. The number of nitrogens with one attached hydrogen (secondary N) is 1. The maximum atomic E-state index is 12.1. The van der Waals surface area contributed by atoms with Crippen LogP contribution in [0.1, 0.15) is 10.4 Å². The molecule has 82 valence electrons. The van der Waals surface area contributed by atoms with E-state index in [4.69, 9.17) is 5.41 Å². The molecule has 0 fully saturated rings. The molecule has 1 aliphatic heterocycles. The monoisotopic (exact) mass is 215 g/mol. The highest BCUT2D eigenvalue weighted by molar-refractivity contribution is 6.16. The third-order valence-corrected chi connectivity index (χ3v) is 2.81. The van der Waals surface area contributed by atoms with Crippen molar-refractivity contribution in [2.75, 3.05) is 19.0 Å². The lowest BCUT2D eigenvalue weighted by atomic mass is 10.1. The molecule has 0 aliphatic carbocycles. The Labute approximate surface area is 94.3 Å². The zero-order chi connectivity index (χ0) is 11.9. The first-order chi connectivity index (χ1) is 7.54. The molecule has 0 saturated carbocycles. The van der Waals surface area contributed by atoms with Crippen LogP contribution in [-0.4, -0.2) is 30.7 Å². The molecule has 1 N–H and O–H groups in total. The number of fused-ring (bicyclic) bond motifs is 1. The Morgan fingerprint density at radius 3 is 2.50 bits per heavy atom. The topological polar surface area (TPSA) is 47.4 Å². The van der Waals surface area contributed by atoms with Gasteiger partial charge in [0.15, 0.2) is 0 Å². The first kappa shape index (κ1) is 10.4. The number of hydrogen-bond acceptors (Lipinski definition) is 2. The summed E-state index contributed by atoms with van der Waals surface area (Å²) in [6.45, 7) is 3.76. The second kappa shape index (κ2) is 3.48. The van der Waals surface area contributed by atoms with Crippen LogP contribution in [0.5, 0.6) is 0 Å². The molecule has 16 heavy (non-hydrogen) atoms. The Kier molecular flexibility index (Phi) is 2.27. The van der Waals surface area contributed by atoms with Gasteiger partial charge >= 0.3 is 0 Å². The first-order valence-electron chi connectivity index (χ1n) is 4.92. The number of para-hydroxylation sites is 1. The number of nitrogens with zero attached hydrogens (tertiary/aromatic N) is 2. The van der Waals surface area contributed by atoms with Crippen LogP contribution in [0.25, 0.3) is 0 Å². The van der Waals surface area contributed by atoms with E-state index in [-0.39, 0.29) is 11.7 Å². The predicted molar refractivity (Wildman–Crippen MR) is 63.8 cm³/mol. The van der Waals surface area contributed by atoms with Crippen molar-refractivity contribution in [3.05, 3.63) is 42.1 Å². The summed E-state index contributed by atoms with van der Waals surface area (Å²) in [5.41, 5.74) is 1.74. The van der Waals surface area contributed by atoms with Crippen LogP contribution < -0.4 is 4.90 Å². The standard InChI is InChI=1S/C12H13N3O/c1-8-11(13)15(3)10-7-5-4-6-9(10)12(16)14(8)2/h4-7,13H,1H2,2-3H3. The zero-order valence-electron chi connectivity index (χ0n) is 9.32. The number of rotatable bonds is 0. The van der Waals surface area contributed by atoms with Gasteiger partial charge in [0.2, 0.25) is 0 Å². The highest BCUT2D eigenvalue weighted by Crippen LogP contribution is 2.26. The van der Waals surface area contributed by atoms with E-state index in [2.05, 4.69) is 6.58 Å². The number of carbonyl (C=O) groups is 1. The molecule has 1 aromatic carbocycles. The summed E-state index contributed by atoms with van der Waals surface area (Å²) in [5, 5.41) is 7.92. The fourth-order valence-corrected chi connectivity index (χ4v) is 1.72. The van der Waals surface area contributed by atoms with E-state index < -0.39 is 0 Å². The molecule has 1 aromatic rings. The summed E-state index contributed by atoms with van der Waals surface area (Å²) in [6.07, 6.45) is 0. The summed E-state index contributed by atoms with van der Waals surface area (Å²) in [6, 6.07) is 7.25. The van der Waals surface area contributed by atoms with E-state index in [1.165, 1.54) is 4.90 Å². The van der Waals surface area contributed by atoms with Crippen LogP contribution in [0.3, 0.4) is 0 Å². The van der Waals surface area contributed by atoms with Gasteiger partial charge in [-0.15, -0.1) is 0 Å². The maximum Gasteiger partial charge on any atom is 0.260 e. The Morgan fingerprint density at radius 2 is 1.81 bits per heavy atom. The van der Waals surface area contributed by atoms with Crippen LogP contribution in [0.2, 0.25) is 0 Å². The molecule has 0 unspecified atom stereocenters. The zero-order valence-corrected chi connectivity index (χ0v) is 9.32. The highest BCUT2D eigenvalue weighted by Gasteiger charge is 2.27. The fourth-order valence-electron chi connectivity index (χ4n) is 1.72. The van der Waals surface area contributed by atoms with Gasteiger partial charge in [0.25, 0.3) is 5.91 Å². The second-order valence-corrected chi connectivity index (χ2v) is 3.74. The van der Waals surface area contributed by atoms with Crippen molar-refractivity contribution < 1.29 is 4.79 Å². The number of hydrogen-bond donors (Lipinski definition) is 1. The van der Waals surface area contributed by atoms with Crippen molar-refractivity contribution in [2.24, 2.45) is 0 Å². The maximum absolute atomic E-state index is 12.1. The van der Waals surface area contributed by atoms with Crippen molar-refractivity contribution in [1.82, 2.24) is 4.90 Å². The van der Waals surface area contributed by atoms with Gasteiger partial charge in [0.05, 0.1) is 16.9 Å². The molecule has 0 radical (unpaired) electrons. The molecule has 1 aliphatic rings. The average Bonchev–Trinajstić information content (AvgIpc) is 2.38. The number of amides is 1. The van der Waals surface area contributed by atoms with Crippen LogP contribution in [0.4, 0.5) is 5.69 Å². The highest BCUT2D eigenvalue weighted by atomic mass is 16.2. The van der Waals surface area contributed by atoms with Crippen molar-refractivity contribution in [2.45, 2.75) is 0 Å². The Hall–Kier alpha value is -2.10. The third kappa shape index (κ3) is 1.31. The Balaban J connectivity index is 2.66. The molecular formula is C12H13N3O. The minimum atomic E-state index is -0.130. The van der Waals surface area contributed by atoms with Crippen molar-refractivity contribution >= 4 is 17.4 Å². The normalized spacial score (nSPS) is 16.2. The molecule has 0 atom stereocenters. The molecule has 0 spiro atoms. The molecule has 4 heteroatoms. The molecule has 0 aromatic heterocycles. The lowest BCUT2D eigenvalue weighted by Gasteiger charge is -2.20. The average molecular weight is 215 g/mol. The van der Waals surface area contributed by atoms with Gasteiger partial charge in [-0.05, 0) is 12.1 Å². The second-order valence-electron chi connectivity index (χ2n) is 3.74. The quantitative estimate of drug-likeness (QED) is 0.716. The molecule has 4 nitrogen and oxygen atoms in total. The van der Waals surface area contributed by atoms with Gasteiger partial charge in [-0.2, -0.15) is 0 Å². The van der Waals surface area contributed by atoms with Crippen LogP contribution in [0, 0.1) is 5.41 Å². The lowest BCUT2D eigenvalue weighted by molar-refractivity contribution is 0.0845. The van der Waals surface area contributed by atoms with Crippen LogP contribution in [-0.2, 0) is 0 Å². The molecule has 1 heterocycles. The smallest absolute Gasteiger partial charge is 0.260 e. The molecule has 1 amide bonds. The van der Waals surface area contributed by atoms with Gasteiger partial charge in [-0.3, -0.25) is 10.2 Å². The molecule has 0 bridgehead atoms. The third-order valence-electron chi connectivity index (χ3n) is 2.81. The van der Waals surface area contributed by atoms with E-state index in [0.717, 1.165) is 5.69 Å². The van der Waals surface area contributed by atoms with Crippen LogP contribution in [0.15, 0.2) is 36.5 Å². The van der Waals surface area contributed by atoms with Crippen molar-refractivity contribution in [3.63, 3.8) is 0 Å². The SMILES string of the molecule is C=C1C(=N)N(C)c2ccccc2C(=O)N1C. The van der Waals surface area contributed by atoms with Gasteiger partial charge in [-0.1, -0.05) is 18.7 Å². The lowest BCUT2D eigenvalue weighted by Crippen LogP contribution is -2.31. The van der Waals surface area contributed by atoms with Crippen LogP contribution >= 0.6 is 0 Å². The minimum Gasteiger partial charge on any atom is -0.327 e. The number of anilines is 1. The summed E-state index contributed by atoms with van der Waals surface area (Å²) < 4.78 is 0. The summed E-state index contributed by atoms with van der Waals surface area (Å²) in [4.78, 5) is 15.2. The molecule has 2 rings (SSSR count).